The summed E-state index contributed by atoms with van der Waals surface area (Å²) in [5, 5.41) is 14.8. The van der Waals surface area contributed by atoms with Gasteiger partial charge >= 0.3 is 0 Å². The number of likely N-dealkylation sites (N-methyl/N-ethyl adjacent to an activating group) is 1. The van der Waals surface area contributed by atoms with Gasteiger partial charge in [-0.25, -0.2) is 17.9 Å². The molecule has 0 saturated heterocycles. The SMILES string of the molecule is CCN1C(c2c(F)cc(F)cc2F)=C(n2cc(Cl)cn2)C=C(I)C1O. The first-order valence-corrected chi connectivity index (χ1v) is 8.70. The maximum atomic E-state index is 14.4. The molecule has 0 aliphatic carbocycles. The van der Waals surface area contributed by atoms with E-state index in [-0.39, 0.29) is 12.2 Å². The Morgan fingerprint density at radius 3 is 2.44 bits per heavy atom. The van der Waals surface area contributed by atoms with E-state index in [9.17, 15) is 18.3 Å². The number of rotatable bonds is 3. The van der Waals surface area contributed by atoms with Crippen molar-refractivity contribution in [1.82, 2.24) is 14.7 Å². The molecule has 1 N–H and O–H groups in total. The van der Waals surface area contributed by atoms with Gasteiger partial charge in [0.05, 0.1) is 28.2 Å². The number of aliphatic hydroxyl groups is 1. The summed E-state index contributed by atoms with van der Waals surface area (Å²) in [5.41, 5.74) is -0.0675. The molecule has 1 aromatic carbocycles. The van der Waals surface area contributed by atoms with Gasteiger partial charge in [0.15, 0.2) is 6.23 Å². The van der Waals surface area contributed by atoms with E-state index in [2.05, 4.69) is 5.10 Å². The minimum absolute atomic E-state index is 0.0604. The fraction of sp³-hybridized carbons (Fsp3) is 0.188. The Morgan fingerprint density at radius 2 is 1.92 bits per heavy atom. The molecule has 1 aromatic heterocycles. The highest BCUT2D eigenvalue weighted by molar-refractivity contribution is 14.1. The fourth-order valence-electron chi connectivity index (χ4n) is 2.67. The van der Waals surface area contributed by atoms with Crippen molar-refractivity contribution in [3.8, 4) is 0 Å². The summed E-state index contributed by atoms with van der Waals surface area (Å²) < 4.78 is 44.0. The van der Waals surface area contributed by atoms with Crippen LogP contribution in [0.3, 0.4) is 0 Å². The second-order valence-corrected chi connectivity index (χ2v) is 6.95. The molecule has 4 nitrogen and oxygen atoms in total. The van der Waals surface area contributed by atoms with Crippen molar-refractivity contribution in [2.75, 3.05) is 6.54 Å². The van der Waals surface area contributed by atoms with Crippen LogP contribution in [0.1, 0.15) is 12.5 Å². The topological polar surface area (TPSA) is 41.3 Å². The lowest BCUT2D eigenvalue weighted by molar-refractivity contribution is 0.0887. The summed E-state index contributed by atoms with van der Waals surface area (Å²) in [7, 11) is 0. The normalized spacial score (nSPS) is 18.0. The highest BCUT2D eigenvalue weighted by atomic mass is 127. The molecule has 2 heterocycles. The van der Waals surface area contributed by atoms with Gasteiger partial charge in [0.25, 0.3) is 0 Å². The van der Waals surface area contributed by atoms with Crippen molar-refractivity contribution in [3.63, 3.8) is 0 Å². The molecule has 0 amide bonds. The van der Waals surface area contributed by atoms with Crippen LogP contribution < -0.4 is 0 Å². The monoisotopic (exact) mass is 481 g/mol. The van der Waals surface area contributed by atoms with E-state index in [4.69, 9.17) is 11.6 Å². The standard InChI is InChI=1S/C16H12ClF3IN3O/c1-2-23-15(14-10(19)3-9(18)4-11(14)20)13(5-12(21)16(23)25)24-7-8(17)6-22-24/h3-7,16,25H,2H2,1H3. The van der Waals surface area contributed by atoms with Crippen molar-refractivity contribution in [3.05, 3.63) is 62.2 Å². The van der Waals surface area contributed by atoms with Gasteiger partial charge in [0.2, 0.25) is 0 Å². The number of aliphatic hydroxyl groups excluding tert-OH is 1. The van der Waals surface area contributed by atoms with Crippen LogP contribution in [0, 0.1) is 17.5 Å². The molecule has 0 fully saturated rings. The van der Waals surface area contributed by atoms with Crippen LogP contribution in [-0.2, 0) is 0 Å². The lowest BCUT2D eigenvalue weighted by Gasteiger charge is -2.36. The highest BCUT2D eigenvalue weighted by Gasteiger charge is 2.32. The van der Waals surface area contributed by atoms with Crippen molar-refractivity contribution in [1.29, 1.82) is 0 Å². The van der Waals surface area contributed by atoms with Gasteiger partial charge < -0.3 is 10.0 Å². The molecule has 0 spiro atoms. The number of benzene rings is 1. The largest absolute Gasteiger partial charge is 0.369 e. The van der Waals surface area contributed by atoms with Crippen LogP contribution >= 0.6 is 34.2 Å². The summed E-state index contributed by atoms with van der Waals surface area (Å²) in [4.78, 5) is 1.41. The van der Waals surface area contributed by atoms with Crippen LogP contribution in [0.25, 0.3) is 11.4 Å². The summed E-state index contributed by atoms with van der Waals surface area (Å²) in [5.74, 6) is -3.16. The third kappa shape index (κ3) is 3.30. The molecule has 1 aliphatic heterocycles. The predicted molar refractivity (Wildman–Crippen MR) is 97.2 cm³/mol. The summed E-state index contributed by atoms with van der Waals surface area (Å²) in [6, 6.07) is 1.20. The van der Waals surface area contributed by atoms with Crippen LogP contribution in [0.5, 0.6) is 0 Å². The fourth-order valence-corrected chi connectivity index (χ4v) is 3.44. The average Bonchev–Trinajstić information content (AvgIpc) is 2.96. The van der Waals surface area contributed by atoms with Crippen LogP contribution in [0.2, 0.25) is 5.02 Å². The van der Waals surface area contributed by atoms with E-state index in [1.165, 1.54) is 22.0 Å². The Bertz CT molecular complexity index is 873. The summed E-state index contributed by atoms with van der Waals surface area (Å²) in [6.45, 7) is 1.98. The van der Waals surface area contributed by atoms with Crippen molar-refractivity contribution in [2.45, 2.75) is 13.2 Å². The molecule has 132 valence electrons. The predicted octanol–water partition coefficient (Wildman–Crippen LogP) is 4.25. The Morgan fingerprint density at radius 1 is 1.28 bits per heavy atom. The molecule has 0 radical (unpaired) electrons. The number of aromatic nitrogens is 2. The van der Waals surface area contributed by atoms with Gasteiger partial charge in [0.1, 0.15) is 17.5 Å². The molecule has 2 aromatic rings. The lowest BCUT2D eigenvalue weighted by atomic mass is 10.0. The van der Waals surface area contributed by atoms with E-state index in [0.717, 1.165) is 0 Å². The number of allylic oxidation sites excluding steroid dienone is 2. The smallest absolute Gasteiger partial charge is 0.159 e. The van der Waals surface area contributed by atoms with Crippen LogP contribution in [0.4, 0.5) is 13.2 Å². The highest BCUT2D eigenvalue weighted by Crippen LogP contribution is 2.38. The van der Waals surface area contributed by atoms with Crippen LogP contribution in [-0.4, -0.2) is 32.6 Å². The number of hydrogen-bond donors (Lipinski definition) is 1. The molecule has 1 atom stereocenters. The first-order chi connectivity index (χ1) is 11.8. The number of hydrogen-bond acceptors (Lipinski definition) is 3. The zero-order chi connectivity index (χ0) is 18.3. The minimum atomic E-state index is -1.08. The average molecular weight is 482 g/mol. The molecule has 9 heteroatoms. The number of halogens is 5. The maximum Gasteiger partial charge on any atom is 0.159 e. The Labute approximate surface area is 160 Å². The Hall–Kier alpha value is -1.52. The maximum absolute atomic E-state index is 14.4. The molecule has 0 saturated carbocycles. The second-order valence-electron chi connectivity index (χ2n) is 5.27. The molecular formula is C16H12ClF3IN3O. The second kappa shape index (κ2) is 7.00. The minimum Gasteiger partial charge on any atom is -0.369 e. The van der Waals surface area contributed by atoms with E-state index < -0.39 is 29.2 Å². The van der Waals surface area contributed by atoms with Crippen molar-refractivity contribution >= 4 is 45.6 Å². The van der Waals surface area contributed by atoms with Gasteiger partial charge in [-0.1, -0.05) is 11.6 Å². The Balaban J connectivity index is 2.35. The van der Waals surface area contributed by atoms with E-state index in [0.29, 0.717) is 26.4 Å². The summed E-state index contributed by atoms with van der Waals surface area (Å²) >= 11 is 7.84. The van der Waals surface area contributed by atoms with Gasteiger partial charge in [0, 0.05) is 28.5 Å². The van der Waals surface area contributed by atoms with E-state index >= 15 is 0 Å². The van der Waals surface area contributed by atoms with Gasteiger partial charge in [-0.2, -0.15) is 5.10 Å². The summed E-state index contributed by atoms with van der Waals surface area (Å²) in [6.07, 6.45) is 3.32. The third-order valence-corrected chi connectivity index (χ3v) is 4.79. The zero-order valence-electron chi connectivity index (χ0n) is 12.8. The lowest BCUT2D eigenvalue weighted by Crippen LogP contribution is -2.37. The molecule has 25 heavy (non-hydrogen) atoms. The molecule has 3 rings (SSSR count). The quantitative estimate of drug-likeness (QED) is 0.667. The van der Waals surface area contributed by atoms with Gasteiger partial charge in [-0.15, -0.1) is 0 Å². The first-order valence-electron chi connectivity index (χ1n) is 7.25. The molecule has 1 aliphatic rings. The van der Waals surface area contributed by atoms with Crippen molar-refractivity contribution in [2.24, 2.45) is 0 Å². The van der Waals surface area contributed by atoms with Crippen molar-refractivity contribution < 1.29 is 18.3 Å². The first kappa shape index (κ1) is 18.3. The Kier molecular flexibility index (Phi) is 5.12. The molecule has 1 unspecified atom stereocenters. The number of nitrogens with zero attached hydrogens (tertiary/aromatic N) is 3. The van der Waals surface area contributed by atoms with E-state index in [1.807, 2.05) is 22.6 Å². The van der Waals surface area contributed by atoms with Crippen LogP contribution in [0.15, 0.2) is 34.2 Å². The van der Waals surface area contributed by atoms with E-state index in [1.54, 1.807) is 13.0 Å². The zero-order valence-corrected chi connectivity index (χ0v) is 15.8. The molecular weight excluding hydrogens is 470 g/mol. The van der Waals surface area contributed by atoms with Gasteiger partial charge in [-0.3, -0.25) is 0 Å². The van der Waals surface area contributed by atoms with Gasteiger partial charge in [-0.05, 0) is 35.6 Å². The third-order valence-electron chi connectivity index (χ3n) is 3.73. The molecule has 0 bridgehead atoms.